The molecule has 0 aromatic heterocycles. The van der Waals surface area contributed by atoms with E-state index in [1.54, 1.807) is 28.6 Å². The van der Waals surface area contributed by atoms with Crippen molar-refractivity contribution in [1.29, 1.82) is 0 Å². The van der Waals surface area contributed by atoms with E-state index in [4.69, 9.17) is 0 Å². The van der Waals surface area contributed by atoms with E-state index in [0.29, 0.717) is 24.8 Å². The lowest BCUT2D eigenvalue weighted by Crippen LogP contribution is -2.41. The van der Waals surface area contributed by atoms with Gasteiger partial charge in [-0.1, -0.05) is 24.6 Å². The van der Waals surface area contributed by atoms with Gasteiger partial charge in [0, 0.05) is 43.6 Å². The second-order valence-electron chi connectivity index (χ2n) is 8.65. The zero-order valence-corrected chi connectivity index (χ0v) is 19.4. The van der Waals surface area contributed by atoms with Gasteiger partial charge >= 0.3 is 0 Å². The van der Waals surface area contributed by atoms with Gasteiger partial charge in [-0.05, 0) is 62.6 Å². The topological polar surface area (TPSA) is 81.8 Å². The normalized spacial score (nSPS) is 21.2. The summed E-state index contributed by atoms with van der Waals surface area (Å²) in [6, 6.07) is 16.7. The van der Waals surface area contributed by atoms with Crippen molar-refractivity contribution in [3.8, 4) is 0 Å². The number of piperidine rings is 1. The molecular formula is C24H32N4O3S. The van der Waals surface area contributed by atoms with Crippen LogP contribution in [0.4, 0.5) is 11.4 Å². The Bertz CT molecular complexity index is 1010. The number of hydrogen-bond donors (Lipinski definition) is 2. The van der Waals surface area contributed by atoms with Crippen LogP contribution in [0.2, 0.25) is 0 Å². The van der Waals surface area contributed by atoms with Crippen molar-refractivity contribution >= 4 is 27.3 Å². The van der Waals surface area contributed by atoms with Crippen LogP contribution in [-0.4, -0.2) is 61.8 Å². The molecule has 1 amide bonds. The Morgan fingerprint density at radius 2 is 1.62 bits per heavy atom. The van der Waals surface area contributed by atoms with Crippen molar-refractivity contribution in [1.82, 2.24) is 9.21 Å². The van der Waals surface area contributed by atoms with Gasteiger partial charge in [-0.15, -0.1) is 0 Å². The fourth-order valence-electron chi connectivity index (χ4n) is 4.40. The first-order chi connectivity index (χ1) is 15.4. The third kappa shape index (κ3) is 5.31. The highest BCUT2D eigenvalue weighted by Gasteiger charge is 2.30. The van der Waals surface area contributed by atoms with Crippen LogP contribution in [0.1, 0.15) is 32.6 Å². The number of likely N-dealkylation sites (tertiary alicyclic amines) is 1. The number of benzene rings is 2. The van der Waals surface area contributed by atoms with Crippen molar-refractivity contribution in [2.24, 2.45) is 0 Å². The molecule has 2 N–H and O–H groups in total. The lowest BCUT2D eigenvalue weighted by molar-refractivity contribution is -0.120. The Morgan fingerprint density at radius 1 is 0.938 bits per heavy atom. The maximum Gasteiger partial charge on any atom is 0.243 e. The number of sulfonamides is 1. The minimum Gasteiger partial charge on any atom is -0.381 e. The van der Waals surface area contributed by atoms with Gasteiger partial charge in [0.05, 0.1) is 10.9 Å². The zero-order chi connectivity index (χ0) is 22.6. The average molecular weight is 457 g/mol. The summed E-state index contributed by atoms with van der Waals surface area (Å²) in [4.78, 5) is 15.2. The molecule has 2 aliphatic heterocycles. The number of amides is 1. The summed E-state index contributed by atoms with van der Waals surface area (Å²) >= 11 is 0. The Labute approximate surface area is 190 Å². The van der Waals surface area contributed by atoms with Crippen molar-refractivity contribution in [2.75, 3.05) is 36.8 Å². The third-order valence-electron chi connectivity index (χ3n) is 6.37. The predicted octanol–water partition coefficient (Wildman–Crippen LogP) is 3.37. The van der Waals surface area contributed by atoms with Crippen molar-refractivity contribution in [3.63, 3.8) is 0 Å². The smallest absolute Gasteiger partial charge is 0.243 e. The molecule has 2 aliphatic rings. The van der Waals surface area contributed by atoms with Gasteiger partial charge in [-0.3, -0.25) is 9.69 Å². The molecule has 0 spiro atoms. The largest absolute Gasteiger partial charge is 0.381 e. The summed E-state index contributed by atoms with van der Waals surface area (Å²) < 4.78 is 27.1. The maximum absolute atomic E-state index is 12.8. The number of nitrogens with zero attached hydrogens (tertiary/aromatic N) is 2. The first-order valence-corrected chi connectivity index (χ1v) is 12.8. The highest BCUT2D eigenvalue weighted by molar-refractivity contribution is 7.89. The van der Waals surface area contributed by atoms with Gasteiger partial charge < -0.3 is 10.6 Å². The number of hydrogen-bond acceptors (Lipinski definition) is 5. The number of anilines is 2. The molecule has 7 nitrogen and oxygen atoms in total. The molecule has 0 bridgehead atoms. The van der Waals surface area contributed by atoms with E-state index < -0.39 is 10.0 Å². The lowest BCUT2D eigenvalue weighted by Gasteiger charge is -2.26. The standard InChI is InChI=1S/C24H32N4O3S/c1-19(27-17-14-22(18-27)25-20-8-4-2-5-9-20)24(29)26-21-10-12-23(13-11-21)32(30,31)28-15-6-3-7-16-28/h2,4-5,8-13,19,22,25H,3,6-7,14-18H2,1H3,(H,26,29). The van der Waals surface area contributed by atoms with E-state index in [0.717, 1.165) is 44.5 Å². The zero-order valence-electron chi connectivity index (χ0n) is 18.5. The van der Waals surface area contributed by atoms with Crippen LogP contribution < -0.4 is 10.6 Å². The molecule has 2 saturated heterocycles. The minimum atomic E-state index is -3.46. The fourth-order valence-corrected chi connectivity index (χ4v) is 5.92. The first kappa shape index (κ1) is 22.8. The van der Waals surface area contributed by atoms with Crippen LogP contribution in [0.15, 0.2) is 59.5 Å². The van der Waals surface area contributed by atoms with Crippen LogP contribution in [0, 0.1) is 0 Å². The molecule has 172 valence electrons. The first-order valence-electron chi connectivity index (χ1n) is 11.4. The van der Waals surface area contributed by atoms with Gasteiger partial charge in [-0.2, -0.15) is 4.31 Å². The van der Waals surface area contributed by atoms with E-state index in [9.17, 15) is 13.2 Å². The van der Waals surface area contributed by atoms with Crippen LogP contribution in [0.3, 0.4) is 0 Å². The quantitative estimate of drug-likeness (QED) is 0.668. The molecule has 2 aromatic rings. The van der Waals surface area contributed by atoms with E-state index in [1.165, 1.54) is 0 Å². The Morgan fingerprint density at radius 3 is 2.31 bits per heavy atom. The molecule has 4 rings (SSSR count). The van der Waals surface area contributed by atoms with Gasteiger partial charge in [0.25, 0.3) is 0 Å². The monoisotopic (exact) mass is 456 g/mol. The van der Waals surface area contributed by atoms with Gasteiger partial charge in [0.2, 0.25) is 15.9 Å². The molecule has 2 unspecified atom stereocenters. The molecule has 2 atom stereocenters. The van der Waals surface area contributed by atoms with Gasteiger partial charge in [0.15, 0.2) is 0 Å². The number of nitrogens with one attached hydrogen (secondary N) is 2. The molecule has 8 heteroatoms. The van der Waals surface area contributed by atoms with Crippen molar-refractivity contribution in [2.45, 2.75) is 49.6 Å². The van der Waals surface area contributed by atoms with Crippen molar-refractivity contribution in [3.05, 3.63) is 54.6 Å². The molecular weight excluding hydrogens is 424 g/mol. The summed E-state index contributed by atoms with van der Waals surface area (Å²) in [6.45, 7) is 4.72. The molecule has 2 aromatic carbocycles. The summed E-state index contributed by atoms with van der Waals surface area (Å²) in [5.41, 5.74) is 1.70. The van der Waals surface area contributed by atoms with Gasteiger partial charge in [0.1, 0.15) is 0 Å². The molecule has 2 heterocycles. The van der Waals surface area contributed by atoms with E-state index in [2.05, 4.69) is 15.5 Å². The van der Waals surface area contributed by atoms with Crippen LogP contribution in [0.5, 0.6) is 0 Å². The third-order valence-corrected chi connectivity index (χ3v) is 8.28. The predicted molar refractivity (Wildman–Crippen MR) is 127 cm³/mol. The van der Waals surface area contributed by atoms with Crippen LogP contribution in [-0.2, 0) is 14.8 Å². The minimum absolute atomic E-state index is 0.0861. The molecule has 32 heavy (non-hydrogen) atoms. The summed E-state index contributed by atoms with van der Waals surface area (Å²) in [6.07, 6.45) is 3.87. The van der Waals surface area contributed by atoms with Crippen molar-refractivity contribution < 1.29 is 13.2 Å². The highest BCUT2D eigenvalue weighted by Crippen LogP contribution is 2.23. The number of carbonyl (C=O) groups is 1. The Kier molecular flexibility index (Phi) is 7.13. The number of para-hydroxylation sites is 1. The molecule has 2 fully saturated rings. The second kappa shape index (κ2) is 10.0. The van der Waals surface area contributed by atoms with E-state index >= 15 is 0 Å². The Hall–Kier alpha value is -2.42. The molecule has 0 radical (unpaired) electrons. The fraction of sp³-hybridized carbons (Fsp3) is 0.458. The summed E-state index contributed by atoms with van der Waals surface area (Å²) in [5, 5.41) is 6.46. The van der Waals surface area contributed by atoms with Gasteiger partial charge in [-0.25, -0.2) is 8.42 Å². The molecule has 0 aliphatic carbocycles. The SMILES string of the molecule is CC(C(=O)Nc1ccc(S(=O)(=O)N2CCCCC2)cc1)N1CCC(Nc2ccccc2)C1. The Balaban J connectivity index is 1.31. The summed E-state index contributed by atoms with van der Waals surface area (Å²) in [5.74, 6) is -0.0861. The van der Waals surface area contributed by atoms with Crippen LogP contribution in [0.25, 0.3) is 0 Å². The van der Waals surface area contributed by atoms with E-state index in [-0.39, 0.29) is 16.8 Å². The number of carbonyl (C=O) groups excluding carboxylic acids is 1. The lowest BCUT2D eigenvalue weighted by atomic mass is 10.2. The van der Waals surface area contributed by atoms with E-state index in [1.807, 2.05) is 37.3 Å². The number of rotatable bonds is 7. The highest BCUT2D eigenvalue weighted by atomic mass is 32.2. The van der Waals surface area contributed by atoms with Crippen LogP contribution >= 0.6 is 0 Å². The molecule has 0 saturated carbocycles. The summed E-state index contributed by atoms with van der Waals surface area (Å²) in [7, 11) is -3.46. The maximum atomic E-state index is 12.8. The second-order valence-corrected chi connectivity index (χ2v) is 10.6. The average Bonchev–Trinajstić information content (AvgIpc) is 3.28.